The Morgan fingerprint density at radius 3 is 2.57 bits per heavy atom. The van der Waals surface area contributed by atoms with E-state index >= 15 is 0 Å². The molecule has 0 saturated heterocycles. The van der Waals surface area contributed by atoms with E-state index in [0.29, 0.717) is 6.42 Å². The normalized spacial score (nSPS) is 8.93. The van der Waals surface area contributed by atoms with Crippen LogP contribution in [0.15, 0.2) is 24.3 Å². The van der Waals surface area contributed by atoms with Crippen LogP contribution in [0.5, 0.6) is 0 Å². The van der Waals surface area contributed by atoms with Crippen molar-refractivity contribution < 1.29 is 9.90 Å². The molecule has 0 saturated carbocycles. The van der Waals surface area contributed by atoms with Gasteiger partial charge in [0.2, 0.25) is 0 Å². The Balaban J connectivity index is 2.44. The molecule has 1 aromatic carbocycles. The minimum atomic E-state index is -1.06. The van der Waals surface area contributed by atoms with Crippen LogP contribution in [0.1, 0.15) is 12.0 Å². The summed E-state index contributed by atoms with van der Waals surface area (Å²) in [5, 5.41) is 8.27. The minimum Gasteiger partial charge on any atom is -0.472 e. The summed E-state index contributed by atoms with van der Waals surface area (Å²) >= 11 is 2.24. The Morgan fingerprint density at radius 2 is 2.00 bits per heavy atom. The fraction of sp³-hybridized carbons (Fsp3) is 0.182. The van der Waals surface area contributed by atoms with E-state index in [2.05, 4.69) is 34.4 Å². The summed E-state index contributed by atoms with van der Waals surface area (Å²) in [6, 6.07) is 8.12. The van der Waals surface area contributed by atoms with Crippen LogP contribution in [-0.2, 0) is 11.2 Å². The third kappa shape index (κ3) is 4.28. The highest BCUT2D eigenvalue weighted by molar-refractivity contribution is 14.1. The number of aliphatic carboxylic acids is 1. The van der Waals surface area contributed by atoms with Gasteiger partial charge in [0.1, 0.15) is 0 Å². The third-order valence-electron chi connectivity index (χ3n) is 1.65. The van der Waals surface area contributed by atoms with Crippen molar-refractivity contribution in [3.05, 3.63) is 33.4 Å². The van der Waals surface area contributed by atoms with E-state index in [1.54, 1.807) is 0 Å². The largest absolute Gasteiger partial charge is 0.472 e. The molecule has 0 fully saturated rings. The Morgan fingerprint density at radius 1 is 1.36 bits per heavy atom. The number of hydrogen-bond acceptors (Lipinski definition) is 1. The molecule has 1 N–H and O–H groups in total. The van der Waals surface area contributed by atoms with Gasteiger partial charge in [-0.2, -0.15) is 0 Å². The maximum Gasteiger partial charge on any atom is 0.381 e. The smallest absolute Gasteiger partial charge is 0.381 e. The summed E-state index contributed by atoms with van der Waals surface area (Å²) in [5.74, 6) is 3.63. The van der Waals surface area contributed by atoms with E-state index in [9.17, 15) is 4.79 Å². The number of aryl methyl sites for hydroxylation is 1. The van der Waals surface area contributed by atoms with Gasteiger partial charge in [-0.05, 0) is 46.7 Å². The summed E-state index contributed by atoms with van der Waals surface area (Å²) < 4.78 is 1.20. The first-order valence-electron chi connectivity index (χ1n) is 4.15. The van der Waals surface area contributed by atoms with Crippen LogP contribution >= 0.6 is 22.6 Å². The zero-order chi connectivity index (χ0) is 10.4. The van der Waals surface area contributed by atoms with Crippen molar-refractivity contribution in [2.24, 2.45) is 0 Å². The fourth-order valence-electron chi connectivity index (χ4n) is 0.996. The lowest BCUT2D eigenvalue weighted by atomic mass is 10.1. The van der Waals surface area contributed by atoms with Gasteiger partial charge >= 0.3 is 5.97 Å². The maximum absolute atomic E-state index is 10.1. The van der Waals surface area contributed by atoms with Crippen LogP contribution in [0.2, 0.25) is 0 Å². The van der Waals surface area contributed by atoms with Crippen molar-refractivity contribution >= 4 is 28.6 Å². The number of benzene rings is 1. The Labute approximate surface area is 96.5 Å². The van der Waals surface area contributed by atoms with Crippen molar-refractivity contribution in [2.75, 3.05) is 0 Å². The molecule has 0 heterocycles. The van der Waals surface area contributed by atoms with Crippen molar-refractivity contribution in [2.45, 2.75) is 12.8 Å². The number of carbonyl (C=O) groups is 1. The highest BCUT2D eigenvalue weighted by Crippen LogP contribution is 2.08. The first kappa shape index (κ1) is 11.1. The highest BCUT2D eigenvalue weighted by Gasteiger charge is 1.91. The summed E-state index contributed by atoms with van der Waals surface area (Å²) in [6.45, 7) is 0. The van der Waals surface area contributed by atoms with Crippen LogP contribution in [0.25, 0.3) is 0 Å². The van der Waals surface area contributed by atoms with Crippen molar-refractivity contribution in [3.8, 4) is 11.8 Å². The molecule has 0 amide bonds. The fourth-order valence-corrected chi connectivity index (χ4v) is 1.36. The molecule has 0 aromatic heterocycles. The molecule has 0 radical (unpaired) electrons. The van der Waals surface area contributed by atoms with Gasteiger partial charge in [-0.25, -0.2) is 4.79 Å². The summed E-state index contributed by atoms with van der Waals surface area (Å²) in [4.78, 5) is 10.1. The predicted molar refractivity (Wildman–Crippen MR) is 62.9 cm³/mol. The lowest BCUT2D eigenvalue weighted by molar-refractivity contribution is -0.130. The van der Waals surface area contributed by atoms with Crippen LogP contribution in [0.3, 0.4) is 0 Å². The molecule has 0 bridgehead atoms. The molecule has 1 rings (SSSR count). The Bertz CT molecular complexity index is 371. The molecule has 3 heteroatoms. The summed E-state index contributed by atoms with van der Waals surface area (Å²) in [6.07, 6.45) is 1.39. The number of rotatable bonds is 2. The van der Waals surface area contributed by atoms with Crippen LogP contribution in [0.4, 0.5) is 0 Å². The van der Waals surface area contributed by atoms with Gasteiger partial charge in [-0.3, -0.25) is 0 Å². The molecule has 14 heavy (non-hydrogen) atoms. The maximum atomic E-state index is 10.1. The van der Waals surface area contributed by atoms with Gasteiger partial charge in [0.05, 0.1) is 0 Å². The average Bonchev–Trinajstić information content (AvgIpc) is 2.15. The molecule has 0 aliphatic carbocycles. The van der Waals surface area contributed by atoms with E-state index in [1.165, 1.54) is 9.13 Å². The molecule has 2 nitrogen and oxygen atoms in total. The summed E-state index contributed by atoms with van der Waals surface area (Å²) in [7, 11) is 0. The van der Waals surface area contributed by atoms with E-state index in [1.807, 2.05) is 24.3 Å². The molecule has 0 atom stereocenters. The second-order valence-electron chi connectivity index (χ2n) is 2.73. The zero-order valence-corrected chi connectivity index (χ0v) is 9.61. The topological polar surface area (TPSA) is 37.3 Å². The standard InChI is InChI=1S/C11H9IO2/c12-10-7-5-9(6-8-10)3-1-2-4-11(13)14/h5-8H,1,3H2,(H,13,14). The van der Waals surface area contributed by atoms with Crippen LogP contribution < -0.4 is 0 Å². The molecule has 0 spiro atoms. The molecular weight excluding hydrogens is 291 g/mol. The number of hydrogen-bond donors (Lipinski definition) is 1. The monoisotopic (exact) mass is 300 g/mol. The number of carboxylic acids is 1. The first-order chi connectivity index (χ1) is 6.68. The van der Waals surface area contributed by atoms with Crippen molar-refractivity contribution in [3.63, 3.8) is 0 Å². The van der Waals surface area contributed by atoms with Crippen molar-refractivity contribution in [1.82, 2.24) is 0 Å². The predicted octanol–water partition coefficient (Wildman–Crippen LogP) is 2.31. The molecule has 72 valence electrons. The lowest BCUT2D eigenvalue weighted by Crippen LogP contribution is -1.88. The quantitative estimate of drug-likeness (QED) is 0.672. The van der Waals surface area contributed by atoms with Gasteiger partial charge in [0.25, 0.3) is 0 Å². The molecule has 0 aliphatic heterocycles. The second kappa shape index (κ2) is 5.66. The highest BCUT2D eigenvalue weighted by atomic mass is 127. The minimum absolute atomic E-state index is 0.590. The van der Waals surface area contributed by atoms with E-state index in [0.717, 1.165) is 6.42 Å². The van der Waals surface area contributed by atoms with E-state index < -0.39 is 5.97 Å². The van der Waals surface area contributed by atoms with Crippen LogP contribution in [-0.4, -0.2) is 11.1 Å². The molecular formula is C11H9IO2. The van der Waals surface area contributed by atoms with Gasteiger partial charge in [0, 0.05) is 15.9 Å². The van der Waals surface area contributed by atoms with Crippen molar-refractivity contribution in [1.29, 1.82) is 0 Å². The van der Waals surface area contributed by atoms with E-state index in [-0.39, 0.29) is 0 Å². The number of halogens is 1. The summed E-state index contributed by atoms with van der Waals surface area (Å²) in [5.41, 5.74) is 1.19. The van der Waals surface area contributed by atoms with Crippen LogP contribution in [0, 0.1) is 15.4 Å². The first-order valence-corrected chi connectivity index (χ1v) is 5.22. The second-order valence-corrected chi connectivity index (χ2v) is 3.98. The molecule has 0 aliphatic rings. The third-order valence-corrected chi connectivity index (χ3v) is 2.37. The Hall–Kier alpha value is -1.02. The van der Waals surface area contributed by atoms with Gasteiger partial charge < -0.3 is 5.11 Å². The SMILES string of the molecule is O=C(O)C#CCCc1ccc(I)cc1. The van der Waals surface area contributed by atoms with Gasteiger partial charge in [0.15, 0.2) is 0 Å². The van der Waals surface area contributed by atoms with Gasteiger partial charge in [-0.15, -0.1) is 0 Å². The lowest BCUT2D eigenvalue weighted by Gasteiger charge is -1.96. The van der Waals surface area contributed by atoms with Gasteiger partial charge in [-0.1, -0.05) is 18.1 Å². The van der Waals surface area contributed by atoms with E-state index in [4.69, 9.17) is 5.11 Å². The molecule has 0 unspecified atom stereocenters. The zero-order valence-electron chi connectivity index (χ0n) is 7.46. The number of carboxylic acid groups (broad SMARTS) is 1. The Kier molecular flexibility index (Phi) is 4.47. The average molecular weight is 300 g/mol. The molecule has 1 aromatic rings.